The van der Waals surface area contributed by atoms with Crippen LogP contribution in [0.5, 0.6) is 0 Å². The maximum absolute atomic E-state index is 10.5. The maximum atomic E-state index is 10.5. The molecule has 1 unspecified atom stereocenters. The first-order valence-corrected chi connectivity index (χ1v) is 5.35. The first-order chi connectivity index (χ1) is 7.60. The van der Waals surface area contributed by atoms with Crippen LogP contribution in [0.4, 0.5) is 0 Å². The first-order valence-electron chi connectivity index (χ1n) is 5.35. The maximum Gasteiger partial charge on any atom is 0.312 e. The fraction of sp³-hybridized carbons (Fsp3) is 0.636. The molecule has 0 saturated carbocycles. The van der Waals surface area contributed by atoms with Gasteiger partial charge in [-0.1, -0.05) is 6.92 Å². The van der Waals surface area contributed by atoms with Gasteiger partial charge in [-0.2, -0.15) is 0 Å². The summed E-state index contributed by atoms with van der Waals surface area (Å²) in [6.07, 6.45) is 3.42. The zero-order valence-corrected chi connectivity index (χ0v) is 9.23. The van der Waals surface area contributed by atoms with E-state index in [9.17, 15) is 4.79 Å². The normalized spacial score (nSPS) is 25.6. The average Bonchev–Trinajstić information content (AvgIpc) is 2.67. The van der Waals surface area contributed by atoms with Crippen molar-refractivity contribution in [3.05, 3.63) is 17.8 Å². The van der Waals surface area contributed by atoms with E-state index in [1.54, 1.807) is 6.20 Å². The van der Waals surface area contributed by atoms with Gasteiger partial charge >= 0.3 is 5.97 Å². The van der Waals surface area contributed by atoms with Gasteiger partial charge in [0.05, 0.1) is 18.2 Å². The number of aromatic nitrogens is 1. The Morgan fingerprint density at radius 1 is 1.69 bits per heavy atom. The first kappa shape index (κ1) is 11.1. The summed E-state index contributed by atoms with van der Waals surface area (Å²) in [5.74, 6) is 0.0520. The number of oxazole rings is 1. The highest BCUT2D eigenvalue weighted by atomic mass is 16.5. The zero-order valence-electron chi connectivity index (χ0n) is 9.23. The highest BCUT2D eigenvalue weighted by molar-refractivity contribution is 5.68. The summed E-state index contributed by atoms with van der Waals surface area (Å²) in [6.45, 7) is 3.44. The Morgan fingerprint density at radius 3 is 3.12 bits per heavy atom. The predicted molar refractivity (Wildman–Crippen MR) is 55.2 cm³/mol. The number of nitrogens with zero attached hydrogens (tertiary/aromatic N) is 1. The van der Waals surface area contributed by atoms with Gasteiger partial charge < -0.3 is 14.3 Å². The molecule has 1 N–H and O–H groups in total. The van der Waals surface area contributed by atoms with Crippen LogP contribution < -0.4 is 0 Å². The topological polar surface area (TPSA) is 72.6 Å². The predicted octanol–water partition coefficient (Wildman–Crippen LogP) is 1.37. The van der Waals surface area contributed by atoms with Crippen molar-refractivity contribution in [1.82, 2.24) is 4.98 Å². The van der Waals surface area contributed by atoms with Crippen molar-refractivity contribution in [2.75, 3.05) is 13.2 Å². The van der Waals surface area contributed by atoms with Crippen LogP contribution in [-0.4, -0.2) is 29.3 Å². The van der Waals surface area contributed by atoms with Crippen molar-refractivity contribution in [3.8, 4) is 0 Å². The van der Waals surface area contributed by atoms with E-state index in [-0.39, 0.29) is 17.7 Å². The van der Waals surface area contributed by atoms with E-state index >= 15 is 0 Å². The molecule has 88 valence electrons. The molecule has 2 rings (SSSR count). The van der Waals surface area contributed by atoms with E-state index in [2.05, 4.69) is 11.9 Å². The van der Waals surface area contributed by atoms with Crippen LogP contribution in [0.15, 0.2) is 10.6 Å². The Labute approximate surface area is 93.4 Å². The van der Waals surface area contributed by atoms with Gasteiger partial charge in [0.15, 0.2) is 0 Å². The van der Waals surface area contributed by atoms with Crippen molar-refractivity contribution < 1.29 is 19.1 Å². The van der Waals surface area contributed by atoms with Crippen LogP contribution in [0.3, 0.4) is 0 Å². The Balaban J connectivity index is 2.13. The second-order valence-electron chi connectivity index (χ2n) is 4.41. The highest BCUT2D eigenvalue weighted by Crippen LogP contribution is 2.32. The molecule has 0 aromatic carbocycles. The standard InChI is InChI=1S/C11H15NO4/c1-11(3-2-4-15-7-11)8-6-12-9(16-8)5-10(13)14/h6H,2-5,7H2,1H3,(H,13,14). The van der Waals surface area contributed by atoms with E-state index in [4.69, 9.17) is 14.3 Å². The lowest BCUT2D eigenvalue weighted by molar-refractivity contribution is -0.136. The molecule has 1 aromatic rings. The molecule has 0 bridgehead atoms. The molecule has 1 fully saturated rings. The molecule has 1 saturated heterocycles. The second-order valence-corrected chi connectivity index (χ2v) is 4.41. The summed E-state index contributed by atoms with van der Waals surface area (Å²) < 4.78 is 10.9. The van der Waals surface area contributed by atoms with Gasteiger partial charge in [-0.25, -0.2) is 4.98 Å². The van der Waals surface area contributed by atoms with E-state index < -0.39 is 5.97 Å². The quantitative estimate of drug-likeness (QED) is 0.841. The number of aliphatic carboxylic acids is 1. The van der Waals surface area contributed by atoms with Crippen LogP contribution >= 0.6 is 0 Å². The Kier molecular flexibility index (Phi) is 2.96. The molecule has 1 atom stereocenters. The summed E-state index contributed by atoms with van der Waals surface area (Å²) in [5, 5.41) is 8.63. The molecular weight excluding hydrogens is 210 g/mol. The molecule has 1 aliphatic heterocycles. The molecule has 2 heterocycles. The molecule has 0 radical (unpaired) electrons. The lowest BCUT2D eigenvalue weighted by atomic mass is 9.83. The Bertz CT molecular complexity index is 379. The van der Waals surface area contributed by atoms with Crippen molar-refractivity contribution in [2.45, 2.75) is 31.6 Å². The Morgan fingerprint density at radius 2 is 2.50 bits per heavy atom. The third-order valence-corrected chi connectivity index (χ3v) is 2.89. The van der Waals surface area contributed by atoms with Gasteiger partial charge in [0, 0.05) is 6.61 Å². The van der Waals surface area contributed by atoms with Gasteiger partial charge in [0.2, 0.25) is 5.89 Å². The van der Waals surface area contributed by atoms with E-state index in [0.717, 1.165) is 25.2 Å². The number of hydrogen-bond donors (Lipinski definition) is 1. The van der Waals surface area contributed by atoms with Crippen molar-refractivity contribution in [3.63, 3.8) is 0 Å². The van der Waals surface area contributed by atoms with E-state index in [0.29, 0.717) is 6.61 Å². The lowest BCUT2D eigenvalue weighted by Crippen LogP contribution is -2.32. The number of hydrogen-bond acceptors (Lipinski definition) is 4. The Hall–Kier alpha value is -1.36. The minimum Gasteiger partial charge on any atom is -0.481 e. The van der Waals surface area contributed by atoms with Crippen LogP contribution in [0.2, 0.25) is 0 Å². The molecule has 0 aliphatic carbocycles. The van der Waals surface area contributed by atoms with Gasteiger partial charge in [0.25, 0.3) is 0 Å². The van der Waals surface area contributed by atoms with Crippen molar-refractivity contribution in [2.24, 2.45) is 0 Å². The molecule has 5 heteroatoms. The van der Waals surface area contributed by atoms with Crippen LogP contribution in [0.25, 0.3) is 0 Å². The number of carbonyl (C=O) groups is 1. The summed E-state index contributed by atoms with van der Waals surface area (Å²) in [7, 11) is 0. The SMILES string of the molecule is CC1(c2cnc(CC(=O)O)o2)CCCOC1. The minimum atomic E-state index is -0.932. The third-order valence-electron chi connectivity index (χ3n) is 2.89. The summed E-state index contributed by atoms with van der Waals surface area (Å²) >= 11 is 0. The molecule has 5 nitrogen and oxygen atoms in total. The number of carboxylic acids is 1. The second kappa shape index (κ2) is 4.25. The molecule has 0 amide bonds. The van der Waals surface area contributed by atoms with E-state index in [1.807, 2.05) is 0 Å². The summed E-state index contributed by atoms with van der Waals surface area (Å²) in [5.41, 5.74) is -0.165. The smallest absolute Gasteiger partial charge is 0.312 e. The third kappa shape index (κ3) is 2.24. The zero-order chi connectivity index (χ0) is 11.6. The average molecular weight is 225 g/mol. The number of rotatable bonds is 3. The van der Waals surface area contributed by atoms with Crippen LogP contribution in [0.1, 0.15) is 31.4 Å². The van der Waals surface area contributed by atoms with Crippen molar-refractivity contribution >= 4 is 5.97 Å². The fourth-order valence-electron chi connectivity index (χ4n) is 1.93. The molecular formula is C11H15NO4. The largest absolute Gasteiger partial charge is 0.481 e. The summed E-state index contributed by atoms with van der Waals surface area (Å²) in [6, 6.07) is 0. The van der Waals surface area contributed by atoms with Gasteiger partial charge in [-0.3, -0.25) is 4.79 Å². The van der Waals surface area contributed by atoms with Gasteiger partial charge in [0.1, 0.15) is 12.2 Å². The van der Waals surface area contributed by atoms with Gasteiger partial charge in [-0.15, -0.1) is 0 Å². The molecule has 1 aromatic heterocycles. The van der Waals surface area contributed by atoms with Crippen LogP contribution in [0, 0.1) is 0 Å². The number of carboxylic acid groups (broad SMARTS) is 1. The van der Waals surface area contributed by atoms with Crippen LogP contribution in [-0.2, 0) is 21.4 Å². The molecule has 16 heavy (non-hydrogen) atoms. The minimum absolute atomic E-state index is 0.165. The number of ether oxygens (including phenoxy) is 1. The van der Waals surface area contributed by atoms with Gasteiger partial charge in [-0.05, 0) is 12.8 Å². The van der Waals surface area contributed by atoms with Crippen molar-refractivity contribution in [1.29, 1.82) is 0 Å². The summed E-state index contributed by atoms with van der Waals surface area (Å²) in [4.78, 5) is 14.5. The highest BCUT2D eigenvalue weighted by Gasteiger charge is 2.33. The molecule has 1 aliphatic rings. The lowest BCUT2D eigenvalue weighted by Gasteiger charge is -2.30. The van der Waals surface area contributed by atoms with E-state index in [1.165, 1.54) is 0 Å². The fourth-order valence-corrected chi connectivity index (χ4v) is 1.93. The molecule has 0 spiro atoms. The monoisotopic (exact) mass is 225 g/mol.